The van der Waals surface area contributed by atoms with Gasteiger partial charge in [0.15, 0.2) is 11.5 Å². The Hall–Kier alpha value is -2.31. The highest BCUT2D eigenvalue weighted by Crippen LogP contribution is 2.29. The largest absolute Gasteiger partial charge is 0.505 e. The van der Waals surface area contributed by atoms with Gasteiger partial charge in [-0.05, 0) is 12.1 Å². The van der Waals surface area contributed by atoms with Crippen LogP contribution in [0.15, 0.2) is 42.5 Å². The zero-order valence-corrected chi connectivity index (χ0v) is 9.98. The van der Waals surface area contributed by atoms with E-state index in [1.54, 1.807) is 36.4 Å². The molecule has 2 aromatic carbocycles. The fraction of sp³-hybridized carbons (Fsp3) is 0. The second kappa shape index (κ2) is 4.91. The molecule has 88 valence electrons. The topological polar surface area (TPSA) is 61.1 Å². The van der Waals surface area contributed by atoms with E-state index in [2.05, 4.69) is 0 Å². The molecule has 0 saturated carbocycles. The Labute approximate surface area is 109 Å². The first-order chi connectivity index (χ1) is 8.63. The number of hydrogen-bond acceptors (Lipinski definition) is 3. The number of phenols is 1. The van der Waals surface area contributed by atoms with Gasteiger partial charge in [-0.25, -0.2) is 0 Å². The minimum absolute atomic E-state index is 0.00617. The molecule has 0 aliphatic carbocycles. The van der Waals surface area contributed by atoms with Gasteiger partial charge in [-0.1, -0.05) is 41.9 Å². The van der Waals surface area contributed by atoms with Crippen LogP contribution in [0.1, 0.15) is 21.5 Å². The molecule has 0 saturated heterocycles. The normalized spacial score (nSPS) is 9.78. The molecule has 0 amide bonds. The highest BCUT2D eigenvalue weighted by atomic mass is 35.5. The number of halogens is 1. The molecule has 2 aromatic rings. The van der Waals surface area contributed by atoms with Crippen molar-refractivity contribution >= 4 is 17.4 Å². The molecule has 1 N–H and O–H groups in total. The van der Waals surface area contributed by atoms with Crippen molar-refractivity contribution in [1.29, 1.82) is 5.26 Å². The SMILES string of the molecule is N#Cc1cc(C(=O)c2ccccc2)cc(Cl)c1O. The van der Waals surface area contributed by atoms with Crippen LogP contribution in [-0.4, -0.2) is 10.9 Å². The second-order valence-electron chi connectivity index (χ2n) is 3.66. The van der Waals surface area contributed by atoms with Gasteiger partial charge in [-0.15, -0.1) is 0 Å². The molecule has 0 fully saturated rings. The third-order valence-electron chi connectivity index (χ3n) is 2.48. The van der Waals surface area contributed by atoms with E-state index in [9.17, 15) is 9.90 Å². The van der Waals surface area contributed by atoms with E-state index in [0.29, 0.717) is 5.56 Å². The Morgan fingerprint density at radius 2 is 1.83 bits per heavy atom. The Morgan fingerprint density at radius 3 is 2.44 bits per heavy atom. The summed E-state index contributed by atoms with van der Waals surface area (Å²) in [5.74, 6) is -0.544. The van der Waals surface area contributed by atoms with Gasteiger partial charge in [-0.2, -0.15) is 5.26 Å². The Bertz CT molecular complexity index is 645. The summed E-state index contributed by atoms with van der Waals surface area (Å²) in [6.07, 6.45) is 0. The van der Waals surface area contributed by atoms with Gasteiger partial charge >= 0.3 is 0 Å². The number of phenolic OH excluding ortho intramolecular Hbond substituents is 1. The van der Waals surface area contributed by atoms with Crippen molar-refractivity contribution < 1.29 is 9.90 Å². The van der Waals surface area contributed by atoms with Crippen LogP contribution in [0.25, 0.3) is 0 Å². The highest BCUT2D eigenvalue weighted by Gasteiger charge is 2.14. The molecule has 0 spiro atoms. The first-order valence-electron chi connectivity index (χ1n) is 5.16. The van der Waals surface area contributed by atoms with Crippen LogP contribution >= 0.6 is 11.6 Å². The third-order valence-corrected chi connectivity index (χ3v) is 2.77. The van der Waals surface area contributed by atoms with Crippen LogP contribution in [0, 0.1) is 11.3 Å². The van der Waals surface area contributed by atoms with E-state index in [1.807, 2.05) is 0 Å². The minimum Gasteiger partial charge on any atom is -0.505 e. The van der Waals surface area contributed by atoms with Gasteiger partial charge in [0.25, 0.3) is 0 Å². The fourth-order valence-corrected chi connectivity index (χ4v) is 1.79. The monoisotopic (exact) mass is 257 g/mol. The summed E-state index contributed by atoms with van der Waals surface area (Å²) in [6.45, 7) is 0. The lowest BCUT2D eigenvalue weighted by Crippen LogP contribution is -2.01. The molecule has 3 nitrogen and oxygen atoms in total. The standard InChI is InChI=1S/C14H8ClNO2/c15-12-7-10(6-11(8-16)14(12)18)13(17)9-4-2-1-3-5-9/h1-7,18H. The second-order valence-corrected chi connectivity index (χ2v) is 4.07. The number of carbonyl (C=O) groups is 1. The van der Waals surface area contributed by atoms with Crippen LogP contribution in [0.4, 0.5) is 0 Å². The van der Waals surface area contributed by atoms with Gasteiger partial charge in [-0.3, -0.25) is 4.79 Å². The van der Waals surface area contributed by atoms with Crippen LogP contribution in [0.3, 0.4) is 0 Å². The summed E-state index contributed by atoms with van der Waals surface area (Å²) in [5.41, 5.74) is 0.769. The lowest BCUT2D eigenvalue weighted by atomic mass is 10.0. The van der Waals surface area contributed by atoms with Crippen molar-refractivity contribution in [2.24, 2.45) is 0 Å². The lowest BCUT2D eigenvalue weighted by molar-refractivity contribution is 0.103. The summed E-state index contributed by atoms with van der Waals surface area (Å²) >= 11 is 5.78. The number of ketones is 1. The summed E-state index contributed by atoms with van der Waals surface area (Å²) in [4.78, 5) is 12.1. The maximum atomic E-state index is 12.1. The van der Waals surface area contributed by atoms with Crippen molar-refractivity contribution in [1.82, 2.24) is 0 Å². The lowest BCUT2D eigenvalue weighted by Gasteiger charge is -2.04. The van der Waals surface area contributed by atoms with E-state index < -0.39 is 0 Å². The number of aromatic hydroxyl groups is 1. The predicted molar refractivity (Wildman–Crippen MR) is 67.7 cm³/mol. The van der Waals surface area contributed by atoms with E-state index in [1.165, 1.54) is 12.1 Å². The molecular weight excluding hydrogens is 250 g/mol. The molecule has 0 aliphatic rings. The third kappa shape index (κ3) is 2.20. The predicted octanol–water partition coefficient (Wildman–Crippen LogP) is 3.15. The first kappa shape index (κ1) is 12.2. The molecule has 18 heavy (non-hydrogen) atoms. The zero-order valence-electron chi connectivity index (χ0n) is 9.22. The number of hydrogen-bond donors (Lipinski definition) is 1. The summed E-state index contributed by atoms with van der Waals surface area (Å²) in [5, 5.41) is 18.3. The Kier molecular flexibility index (Phi) is 3.31. The molecule has 0 radical (unpaired) electrons. The Morgan fingerprint density at radius 1 is 1.17 bits per heavy atom. The molecule has 0 aromatic heterocycles. The van der Waals surface area contributed by atoms with Gasteiger partial charge in [0, 0.05) is 11.1 Å². The first-order valence-corrected chi connectivity index (χ1v) is 5.53. The summed E-state index contributed by atoms with van der Waals surface area (Å²) in [6, 6.07) is 13.1. The molecule has 2 rings (SSSR count). The van der Waals surface area contributed by atoms with Crippen LogP contribution in [-0.2, 0) is 0 Å². The van der Waals surface area contributed by atoms with Crippen LogP contribution in [0.2, 0.25) is 5.02 Å². The molecule has 0 bridgehead atoms. The number of nitriles is 1. The highest BCUT2D eigenvalue weighted by molar-refractivity contribution is 6.32. The average Bonchev–Trinajstić information content (AvgIpc) is 2.42. The van der Waals surface area contributed by atoms with E-state index >= 15 is 0 Å². The molecule has 0 heterocycles. The molecule has 4 heteroatoms. The van der Waals surface area contributed by atoms with Crippen molar-refractivity contribution in [2.75, 3.05) is 0 Å². The minimum atomic E-state index is -0.302. The van der Waals surface area contributed by atoms with Crippen molar-refractivity contribution in [3.63, 3.8) is 0 Å². The van der Waals surface area contributed by atoms with Crippen LogP contribution in [0.5, 0.6) is 5.75 Å². The average molecular weight is 258 g/mol. The van der Waals surface area contributed by atoms with Gasteiger partial charge in [0.05, 0.1) is 10.6 Å². The molecule has 0 unspecified atom stereocenters. The number of benzene rings is 2. The summed E-state index contributed by atoms with van der Waals surface area (Å²) < 4.78 is 0. The number of rotatable bonds is 2. The van der Waals surface area contributed by atoms with Gasteiger partial charge < -0.3 is 5.11 Å². The van der Waals surface area contributed by atoms with Crippen molar-refractivity contribution in [2.45, 2.75) is 0 Å². The van der Waals surface area contributed by atoms with Gasteiger partial charge in [0.2, 0.25) is 0 Å². The van der Waals surface area contributed by atoms with E-state index in [4.69, 9.17) is 16.9 Å². The maximum absolute atomic E-state index is 12.1. The quantitative estimate of drug-likeness (QED) is 0.841. The van der Waals surface area contributed by atoms with Gasteiger partial charge in [0.1, 0.15) is 6.07 Å². The van der Waals surface area contributed by atoms with Crippen molar-refractivity contribution in [3.05, 3.63) is 64.2 Å². The van der Waals surface area contributed by atoms with Crippen molar-refractivity contribution in [3.8, 4) is 11.8 Å². The van der Waals surface area contributed by atoms with E-state index in [0.717, 1.165) is 0 Å². The van der Waals surface area contributed by atoms with E-state index in [-0.39, 0.29) is 27.7 Å². The molecular formula is C14H8ClNO2. The Balaban J connectivity index is 2.51. The zero-order chi connectivity index (χ0) is 13.1. The molecule has 0 aliphatic heterocycles. The molecule has 0 atom stereocenters. The number of nitrogens with zero attached hydrogens (tertiary/aromatic N) is 1. The smallest absolute Gasteiger partial charge is 0.193 e. The number of carbonyl (C=O) groups excluding carboxylic acids is 1. The fourth-order valence-electron chi connectivity index (χ4n) is 1.57. The summed E-state index contributed by atoms with van der Waals surface area (Å²) in [7, 11) is 0. The van der Waals surface area contributed by atoms with Crippen LogP contribution < -0.4 is 0 Å². The maximum Gasteiger partial charge on any atom is 0.193 e.